The van der Waals surface area contributed by atoms with Gasteiger partial charge in [-0.1, -0.05) is 22.0 Å². The average molecular weight is 328 g/mol. The van der Waals surface area contributed by atoms with Crippen LogP contribution in [0.5, 0.6) is 0 Å². The molecule has 88 valence electrons. The van der Waals surface area contributed by atoms with Crippen molar-refractivity contribution in [3.63, 3.8) is 0 Å². The minimum absolute atomic E-state index is 0.182. The molecule has 0 aromatic heterocycles. The van der Waals surface area contributed by atoms with Crippen LogP contribution >= 0.6 is 26.6 Å². The second-order valence-electron chi connectivity index (χ2n) is 2.94. The highest BCUT2D eigenvalue weighted by molar-refractivity contribution is 9.10. The van der Waals surface area contributed by atoms with E-state index in [2.05, 4.69) is 20.7 Å². The number of ether oxygens (including phenoxy) is 1. The molecule has 0 bridgehead atoms. The molecular weight excluding hydrogens is 320 g/mol. The molecule has 0 saturated heterocycles. The summed E-state index contributed by atoms with van der Waals surface area (Å²) in [6.07, 6.45) is 0. The van der Waals surface area contributed by atoms with Gasteiger partial charge in [0.15, 0.2) is 0 Å². The monoisotopic (exact) mass is 326 g/mol. The Morgan fingerprint density at radius 2 is 2.12 bits per heavy atom. The van der Waals surface area contributed by atoms with Gasteiger partial charge < -0.3 is 4.74 Å². The minimum Gasteiger partial charge on any atom is -0.465 e. The summed E-state index contributed by atoms with van der Waals surface area (Å²) in [6, 6.07) is 4.72. The molecule has 0 radical (unpaired) electrons. The summed E-state index contributed by atoms with van der Waals surface area (Å²) >= 11 is 3.17. The topological polar surface area (TPSA) is 60.4 Å². The maximum atomic E-state index is 11.4. The number of carbonyl (C=O) groups is 1. The molecule has 0 aliphatic heterocycles. The summed E-state index contributed by atoms with van der Waals surface area (Å²) in [7, 11) is 2.65. The first kappa shape index (κ1) is 13.5. The molecule has 7 heteroatoms. The Kier molecular flexibility index (Phi) is 4.35. The second-order valence-corrected chi connectivity index (χ2v) is 6.57. The Morgan fingerprint density at radius 3 is 2.62 bits per heavy atom. The van der Waals surface area contributed by atoms with Gasteiger partial charge in [-0.15, -0.1) is 0 Å². The average Bonchev–Trinajstić information content (AvgIpc) is 2.18. The lowest BCUT2D eigenvalue weighted by Gasteiger charge is -2.08. The molecule has 0 amide bonds. The fourth-order valence-corrected chi connectivity index (χ4v) is 2.85. The molecule has 0 saturated carbocycles. The predicted molar refractivity (Wildman–Crippen MR) is 64.0 cm³/mol. The van der Waals surface area contributed by atoms with Crippen LogP contribution in [0.1, 0.15) is 15.9 Å². The zero-order valence-corrected chi connectivity index (χ0v) is 11.4. The summed E-state index contributed by atoms with van der Waals surface area (Å²) in [4.78, 5) is 11.4. The lowest BCUT2D eigenvalue weighted by molar-refractivity contribution is 0.0599. The molecule has 0 aliphatic carbocycles. The number of rotatable bonds is 3. The van der Waals surface area contributed by atoms with Crippen LogP contribution in [0.3, 0.4) is 0 Å². The van der Waals surface area contributed by atoms with Crippen molar-refractivity contribution in [2.24, 2.45) is 0 Å². The van der Waals surface area contributed by atoms with Gasteiger partial charge in [-0.25, -0.2) is 13.2 Å². The van der Waals surface area contributed by atoms with Crippen LogP contribution in [0.15, 0.2) is 22.7 Å². The van der Waals surface area contributed by atoms with E-state index in [1.54, 1.807) is 12.1 Å². The van der Waals surface area contributed by atoms with E-state index < -0.39 is 20.8 Å². The van der Waals surface area contributed by atoms with E-state index in [9.17, 15) is 13.2 Å². The largest absolute Gasteiger partial charge is 0.465 e. The van der Waals surface area contributed by atoms with Crippen LogP contribution in [0, 0.1) is 0 Å². The summed E-state index contributed by atoms with van der Waals surface area (Å²) in [5.41, 5.74) is 0.477. The van der Waals surface area contributed by atoms with Gasteiger partial charge in [-0.05, 0) is 17.7 Å². The summed E-state index contributed by atoms with van der Waals surface area (Å²) < 4.78 is 27.1. The van der Waals surface area contributed by atoms with Crippen molar-refractivity contribution in [3.05, 3.63) is 33.8 Å². The Hall–Kier alpha value is -0.590. The van der Waals surface area contributed by atoms with E-state index >= 15 is 0 Å². The molecule has 0 aliphatic rings. The fourth-order valence-electron chi connectivity index (χ4n) is 1.18. The van der Waals surface area contributed by atoms with Gasteiger partial charge in [0.05, 0.1) is 18.4 Å². The van der Waals surface area contributed by atoms with Crippen molar-refractivity contribution >= 4 is 41.6 Å². The molecule has 0 spiro atoms. The third kappa shape index (κ3) is 3.47. The first-order valence-electron chi connectivity index (χ1n) is 4.13. The number of benzene rings is 1. The third-order valence-electron chi connectivity index (χ3n) is 1.84. The minimum atomic E-state index is -3.73. The summed E-state index contributed by atoms with van der Waals surface area (Å²) in [5, 5.41) is 0. The van der Waals surface area contributed by atoms with Crippen LogP contribution in [-0.2, 0) is 19.5 Å². The van der Waals surface area contributed by atoms with E-state index in [0.717, 1.165) is 0 Å². The first-order chi connectivity index (χ1) is 7.35. The van der Waals surface area contributed by atoms with Crippen molar-refractivity contribution in [2.75, 3.05) is 7.11 Å². The molecule has 1 aromatic carbocycles. The van der Waals surface area contributed by atoms with E-state index in [0.29, 0.717) is 10.0 Å². The molecule has 0 fully saturated rings. The summed E-state index contributed by atoms with van der Waals surface area (Å²) in [5.74, 6) is -1.03. The van der Waals surface area contributed by atoms with Gasteiger partial charge in [-0.3, -0.25) is 0 Å². The van der Waals surface area contributed by atoms with E-state index in [-0.39, 0.29) is 5.56 Å². The molecule has 1 aromatic rings. The molecule has 0 unspecified atom stereocenters. The highest BCUT2D eigenvalue weighted by atomic mass is 79.9. The molecular formula is C9H8BrClO4S. The predicted octanol–water partition coefficient (Wildman–Crippen LogP) is 2.30. The van der Waals surface area contributed by atoms with E-state index in [4.69, 9.17) is 10.7 Å². The normalized spacial score (nSPS) is 11.2. The first-order valence-corrected chi connectivity index (χ1v) is 7.40. The van der Waals surface area contributed by atoms with Gasteiger partial charge >= 0.3 is 5.97 Å². The van der Waals surface area contributed by atoms with Crippen molar-refractivity contribution < 1.29 is 17.9 Å². The number of methoxy groups -OCH3 is 1. The Balaban J connectivity index is 3.29. The number of hydrogen-bond donors (Lipinski definition) is 0. The third-order valence-corrected chi connectivity index (χ3v) is 3.54. The van der Waals surface area contributed by atoms with Crippen LogP contribution < -0.4 is 0 Å². The SMILES string of the molecule is COC(=O)c1cccc(Br)c1CS(=O)(=O)Cl. The molecule has 1 rings (SSSR count). The zero-order chi connectivity index (χ0) is 12.3. The van der Waals surface area contributed by atoms with Gasteiger partial charge in [0.1, 0.15) is 0 Å². The standard InChI is InChI=1S/C9H8BrClO4S/c1-15-9(12)6-3-2-4-8(10)7(6)5-16(11,13)14/h2-4H,5H2,1H3. The number of esters is 1. The van der Waals surface area contributed by atoms with Gasteiger partial charge in [0, 0.05) is 15.2 Å². The van der Waals surface area contributed by atoms with Crippen LogP contribution in [-0.4, -0.2) is 21.5 Å². The lowest BCUT2D eigenvalue weighted by Crippen LogP contribution is -2.08. The number of halogens is 2. The van der Waals surface area contributed by atoms with Crippen LogP contribution in [0.4, 0.5) is 0 Å². The van der Waals surface area contributed by atoms with Crippen molar-refractivity contribution in [3.8, 4) is 0 Å². The van der Waals surface area contributed by atoms with E-state index in [1.165, 1.54) is 13.2 Å². The summed E-state index contributed by atoms with van der Waals surface area (Å²) in [6.45, 7) is 0. The van der Waals surface area contributed by atoms with Gasteiger partial charge in [-0.2, -0.15) is 0 Å². The highest BCUT2D eigenvalue weighted by Crippen LogP contribution is 2.24. The molecule has 16 heavy (non-hydrogen) atoms. The van der Waals surface area contributed by atoms with Crippen molar-refractivity contribution in [2.45, 2.75) is 5.75 Å². The van der Waals surface area contributed by atoms with Crippen LogP contribution in [0.25, 0.3) is 0 Å². The Labute approximate surface area is 106 Å². The fraction of sp³-hybridized carbons (Fsp3) is 0.222. The highest BCUT2D eigenvalue weighted by Gasteiger charge is 2.18. The number of carbonyl (C=O) groups excluding carboxylic acids is 1. The van der Waals surface area contributed by atoms with Crippen molar-refractivity contribution in [1.29, 1.82) is 0 Å². The Morgan fingerprint density at radius 1 is 1.50 bits per heavy atom. The lowest BCUT2D eigenvalue weighted by atomic mass is 10.1. The quantitative estimate of drug-likeness (QED) is 0.631. The zero-order valence-electron chi connectivity index (χ0n) is 8.24. The Bertz CT molecular complexity index is 512. The van der Waals surface area contributed by atoms with E-state index in [1.807, 2.05) is 0 Å². The van der Waals surface area contributed by atoms with Gasteiger partial charge in [0.2, 0.25) is 9.05 Å². The van der Waals surface area contributed by atoms with Crippen LogP contribution in [0.2, 0.25) is 0 Å². The maximum absolute atomic E-state index is 11.4. The van der Waals surface area contributed by atoms with Crippen molar-refractivity contribution in [1.82, 2.24) is 0 Å². The molecule has 0 heterocycles. The van der Waals surface area contributed by atoms with Gasteiger partial charge in [0.25, 0.3) is 0 Å². The molecule has 0 atom stereocenters. The second kappa shape index (κ2) is 5.16. The maximum Gasteiger partial charge on any atom is 0.338 e. The molecule has 0 N–H and O–H groups in total. The smallest absolute Gasteiger partial charge is 0.338 e. The molecule has 4 nitrogen and oxygen atoms in total. The number of hydrogen-bond acceptors (Lipinski definition) is 4.